The molecule has 0 fully saturated rings. The zero-order chi connectivity index (χ0) is 78.7. The molecule has 0 amide bonds. The smallest absolute Gasteiger partial charge is 0.127 e. The van der Waals surface area contributed by atoms with Crippen LogP contribution in [0, 0.1) is 0 Å². The van der Waals surface area contributed by atoms with Crippen molar-refractivity contribution in [2.24, 2.45) is 0 Å². The second-order valence-electron chi connectivity index (χ2n) is 27.8. The molecule has 16 nitrogen and oxygen atoms in total. The van der Waals surface area contributed by atoms with Crippen LogP contribution in [-0.2, 0) is 51.4 Å². The number of rotatable bonds is 16. The van der Waals surface area contributed by atoms with Crippen LogP contribution in [0.5, 0.6) is 92.0 Å². The average molecular weight is 1490 g/mol. The van der Waals surface area contributed by atoms with Crippen LogP contribution >= 0.6 is 0 Å². The Kier molecular flexibility index (Phi) is 22.7. The molecule has 0 aromatic heterocycles. The van der Waals surface area contributed by atoms with E-state index in [4.69, 9.17) is 0 Å². The first-order valence-corrected chi connectivity index (χ1v) is 36.1. The summed E-state index contributed by atoms with van der Waals surface area (Å²) < 4.78 is 0. The Morgan fingerprint density at radius 2 is 0.438 bits per heavy atom. The first-order chi connectivity index (χ1) is 54.0. The predicted molar refractivity (Wildman–Crippen MR) is 436 cm³/mol. The molecule has 16 aromatic rings. The maximum atomic E-state index is 11.2. The van der Waals surface area contributed by atoms with Crippen molar-refractivity contribution in [3.63, 3.8) is 0 Å². The molecular weight excluding hydrogens is 1410 g/mol. The van der Waals surface area contributed by atoms with Crippen molar-refractivity contribution >= 4 is 43.1 Å². The molecule has 0 saturated carbocycles. The minimum atomic E-state index is 0.0863. The van der Waals surface area contributed by atoms with Gasteiger partial charge in [0, 0.05) is 59.2 Å². The van der Waals surface area contributed by atoms with Crippen LogP contribution in [0.3, 0.4) is 0 Å². The fourth-order valence-corrected chi connectivity index (χ4v) is 13.9. The Morgan fingerprint density at radius 3 is 0.839 bits per heavy atom. The quantitative estimate of drug-likeness (QED) is 0.0427. The number of hydrogen-bond donors (Lipinski definition) is 16. The molecule has 0 spiro atoms. The lowest BCUT2D eigenvalue weighted by Crippen LogP contribution is -1.98. The molecule has 0 heterocycles. The van der Waals surface area contributed by atoms with Gasteiger partial charge in [-0.1, -0.05) is 146 Å². The predicted octanol–water partition coefficient (Wildman–Crippen LogP) is 19.4. The summed E-state index contributed by atoms with van der Waals surface area (Å²) in [6.07, 6.45) is 4.27. The second kappa shape index (κ2) is 33.7. The van der Waals surface area contributed by atoms with Crippen molar-refractivity contribution in [2.75, 3.05) is 0 Å². The topological polar surface area (TPSA) is 324 Å². The van der Waals surface area contributed by atoms with E-state index in [2.05, 4.69) is 0 Å². The van der Waals surface area contributed by atoms with Crippen LogP contribution in [0.2, 0.25) is 0 Å². The maximum absolute atomic E-state index is 11.2. The zero-order valence-electron chi connectivity index (χ0n) is 60.5. The minimum Gasteiger partial charge on any atom is -0.508 e. The van der Waals surface area contributed by atoms with Crippen LogP contribution in [0.4, 0.5) is 0 Å². The molecular formula is C96H80O16. The van der Waals surface area contributed by atoms with Crippen LogP contribution in [0.15, 0.2) is 291 Å². The first-order valence-electron chi connectivity index (χ1n) is 36.1. The van der Waals surface area contributed by atoms with E-state index in [1.807, 2.05) is 127 Å². The molecule has 16 N–H and O–H groups in total. The number of phenolic OH excluding ortho intramolecular Hbond substituents is 16. The van der Waals surface area contributed by atoms with Gasteiger partial charge < -0.3 is 81.7 Å². The highest BCUT2D eigenvalue weighted by Gasteiger charge is 2.20. The monoisotopic (exact) mass is 1490 g/mol. The summed E-state index contributed by atoms with van der Waals surface area (Å²) in [5.41, 5.74) is 14.5. The molecule has 16 rings (SSSR count). The van der Waals surface area contributed by atoms with E-state index >= 15 is 0 Å². The SMILES string of the molecule is Oc1ccc(Cc2cc(Cc3ccc(O)cc3)c3ccc(O)cc3c2O)cc1.Oc1ccc(Cc2cc3c(Cc4ccc(O)cc4)cc(Cc4ccc(O)cc4)c(O)c3cc2O)cc1.Oc1ccc(Cc2ccc(O)c3cc(O)ccc23)cc1.Oc1ccc(Cc2ccc3ccc(O)c(Cc4ccc(O)cc4)c3c2O)cc1. The van der Waals surface area contributed by atoms with Crippen molar-refractivity contribution in [3.05, 3.63) is 380 Å². The molecule has 16 aromatic carbocycles. The highest BCUT2D eigenvalue weighted by molar-refractivity contribution is 5.97. The maximum Gasteiger partial charge on any atom is 0.127 e. The molecule has 112 heavy (non-hydrogen) atoms. The van der Waals surface area contributed by atoms with E-state index in [0.717, 1.165) is 93.9 Å². The molecule has 560 valence electrons. The van der Waals surface area contributed by atoms with Gasteiger partial charge in [0.25, 0.3) is 0 Å². The lowest BCUT2D eigenvalue weighted by atomic mass is 9.90. The highest BCUT2D eigenvalue weighted by Crippen LogP contribution is 2.43. The fraction of sp³-hybridized carbons (Fsp3) is 0.0833. The van der Waals surface area contributed by atoms with Gasteiger partial charge in [0.15, 0.2) is 0 Å². The number of fused-ring (bicyclic) bond motifs is 4. The Morgan fingerprint density at radius 1 is 0.152 bits per heavy atom. The van der Waals surface area contributed by atoms with Crippen molar-refractivity contribution in [1.29, 1.82) is 0 Å². The third kappa shape index (κ3) is 18.5. The summed E-state index contributed by atoms with van der Waals surface area (Å²) >= 11 is 0. The van der Waals surface area contributed by atoms with Gasteiger partial charge in [-0.3, -0.25) is 0 Å². The second-order valence-corrected chi connectivity index (χ2v) is 27.8. The van der Waals surface area contributed by atoms with Gasteiger partial charge in [0.1, 0.15) is 92.0 Å². The number of aromatic hydroxyl groups is 16. The van der Waals surface area contributed by atoms with E-state index < -0.39 is 0 Å². The molecule has 16 heteroatoms. The largest absolute Gasteiger partial charge is 0.508 e. The van der Waals surface area contributed by atoms with Crippen molar-refractivity contribution in [1.82, 2.24) is 0 Å². The van der Waals surface area contributed by atoms with E-state index in [9.17, 15) is 81.7 Å². The summed E-state index contributed by atoms with van der Waals surface area (Å²) in [4.78, 5) is 0. The summed E-state index contributed by atoms with van der Waals surface area (Å²) in [5.74, 6) is 2.62. The van der Waals surface area contributed by atoms with Gasteiger partial charge in [-0.15, -0.1) is 0 Å². The summed E-state index contributed by atoms with van der Waals surface area (Å²) in [6.45, 7) is 0. The van der Waals surface area contributed by atoms with E-state index in [1.165, 1.54) is 0 Å². The fourth-order valence-electron chi connectivity index (χ4n) is 13.9. The van der Waals surface area contributed by atoms with Gasteiger partial charge in [-0.2, -0.15) is 0 Å². The van der Waals surface area contributed by atoms with Gasteiger partial charge in [0.05, 0.1) is 0 Å². The van der Waals surface area contributed by atoms with Gasteiger partial charge in [0.2, 0.25) is 0 Å². The standard InChI is InChI=1S/C31H26O5.2C24H20O4.C17H14O3/c32-25-7-1-19(2-8-25)13-22-16-24(15-21-5-11-27(34)12-6-21)31(36)29-18-30(35)23(17-28(22)29)14-20-3-9-26(33)10-4-20;25-19-8-1-15(2-9-19)13-18-6-5-17-7-12-22(27)21(23(17)24(18)28)14-16-3-10-20(26)11-4-16;25-19-5-1-15(2-6-19)11-17-13-18(12-16-3-7-20(26)8-4-16)24(28)23-14-21(27)9-10-22(17)23;18-13-4-1-11(2-5-13)9-12-3-8-17(20)16-10-14(19)6-7-15(12)16/h1-12,16-18,32-36H,13-15H2;1-12,25-28H,13-14H2;1-10,13-14,25-28H,11-12H2;1-8,10,18-20H,9H2. The van der Waals surface area contributed by atoms with Gasteiger partial charge in [-0.25, -0.2) is 0 Å². The van der Waals surface area contributed by atoms with Crippen molar-refractivity contribution in [3.8, 4) is 92.0 Å². The molecule has 0 aliphatic rings. The number of phenols is 16. The van der Waals surface area contributed by atoms with Crippen molar-refractivity contribution < 1.29 is 81.7 Å². The Bertz CT molecular complexity index is 6010. The number of hydrogen-bond acceptors (Lipinski definition) is 16. The molecule has 0 aliphatic carbocycles. The third-order valence-electron chi connectivity index (χ3n) is 19.8. The Balaban J connectivity index is 0.000000133. The zero-order valence-corrected chi connectivity index (χ0v) is 60.5. The Hall–Kier alpha value is -14.6. The summed E-state index contributed by atoms with van der Waals surface area (Å²) in [6, 6.07) is 83.6. The Labute approximate surface area is 644 Å². The molecule has 0 radical (unpaired) electrons. The lowest BCUT2D eigenvalue weighted by Gasteiger charge is -2.16. The summed E-state index contributed by atoms with van der Waals surface area (Å²) in [7, 11) is 0. The van der Waals surface area contributed by atoms with E-state index in [1.54, 1.807) is 164 Å². The van der Waals surface area contributed by atoms with Gasteiger partial charge in [-0.05, 0) is 270 Å². The third-order valence-corrected chi connectivity index (χ3v) is 19.8. The first kappa shape index (κ1) is 75.6. The van der Waals surface area contributed by atoms with Crippen LogP contribution in [0.25, 0.3) is 43.1 Å². The lowest BCUT2D eigenvalue weighted by molar-refractivity contribution is 0.464. The molecule has 0 bridgehead atoms. The molecule has 0 saturated heterocycles. The van der Waals surface area contributed by atoms with Gasteiger partial charge >= 0.3 is 0 Å². The molecule has 0 atom stereocenters. The van der Waals surface area contributed by atoms with E-state index in [0.29, 0.717) is 89.6 Å². The van der Waals surface area contributed by atoms with E-state index in [-0.39, 0.29) is 92.0 Å². The van der Waals surface area contributed by atoms with Crippen LogP contribution in [0.1, 0.15) is 89.0 Å². The highest BCUT2D eigenvalue weighted by atomic mass is 16.3. The van der Waals surface area contributed by atoms with Crippen LogP contribution < -0.4 is 0 Å². The molecule has 0 unspecified atom stereocenters. The molecule has 0 aliphatic heterocycles. The average Bonchev–Trinajstić information content (AvgIpc) is 0.783. The van der Waals surface area contributed by atoms with Crippen LogP contribution in [-0.4, -0.2) is 81.7 Å². The summed E-state index contributed by atoms with van der Waals surface area (Å²) in [5, 5.41) is 166. The van der Waals surface area contributed by atoms with Crippen molar-refractivity contribution in [2.45, 2.75) is 51.4 Å². The number of benzene rings is 16. The minimum absolute atomic E-state index is 0.0863. The normalized spacial score (nSPS) is 11.0.